The van der Waals surface area contributed by atoms with Gasteiger partial charge in [0.2, 0.25) is 5.16 Å². The molecule has 0 bridgehead atoms. The molecule has 0 aliphatic rings. The Balaban J connectivity index is 1.54. The third-order valence-electron chi connectivity index (χ3n) is 3.08. The lowest BCUT2D eigenvalue weighted by atomic mass is 10.3. The molecule has 24 heavy (non-hydrogen) atoms. The topological polar surface area (TPSA) is 73.1 Å². The number of hydrogen-bond acceptors (Lipinski definition) is 6. The van der Waals surface area contributed by atoms with Crippen LogP contribution in [0.3, 0.4) is 0 Å². The molecule has 0 aliphatic carbocycles. The molecule has 0 aliphatic heterocycles. The van der Waals surface area contributed by atoms with Crippen LogP contribution >= 0.6 is 27.7 Å². The Labute approximate surface area is 152 Å². The molecule has 0 amide bonds. The highest BCUT2D eigenvalue weighted by molar-refractivity contribution is 9.10. The van der Waals surface area contributed by atoms with Crippen LogP contribution < -0.4 is 4.74 Å². The second-order valence-electron chi connectivity index (χ2n) is 4.94. The number of aliphatic hydroxyl groups excluding tert-OH is 1. The van der Waals surface area contributed by atoms with Crippen LogP contribution in [-0.4, -0.2) is 43.8 Å². The van der Waals surface area contributed by atoms with Gasteiger partial charge >= 0.3 is 0 Å². The van der Waals surface area contributed by atoms with Crippen LogP contribution in [0.5, 0.6) is 5.75 Å². The van der Waals surface area contributed by atoms with Crippen molar-refractivity contribution in [1.82, 2.24) is 20.2 Å². The van der Waals surface area contributed by atoms with Crippen LogP contribution in [0.4, 0.5) is 0 Å². The van der Waals surface area contributed by atoms with Crippen molar-refractivity contribution < 1.29 is 9.84 Å². The Morgan fingerprint density at radius 1 is 1.17 bits per heavy atom. The van der Waals surface area contributed by atoms with Crippen molar-refractivity contribution >= 4 is 27.7 Å². The molecule has 1 aromatic heterocycles. The van der Waals surface area contributed by atoms with Crippen molar-refractivity contribution in [3.63, 3.8) is 0 Å². The Kier molecular flexibility index (Phi) is 5.84. The van der Waals surface area contributed by atoms with Gasteiger partial charge in [-0.1, -0.05) is 52.0 Å². The van der Waals surface area contributed by atoms with Gasteiger partial charge in [-0.25, -0.2) is 0 Å². The number of rotatable bonds is 7. The zero-order valence-electron chi connectivity index (χ0n) is 12.6. The Hall–Kier alpha value is -1.90. The minimum absolute atomic E-state index is 0.205. The number of para-hydroxylation sites is 1. The molecule has 0 saturated heterocycles. The van der Waals surface area contributed by atoms with Gasteiger partial charge in [0.25, 0.3) is 0 Å². The first-order valence-electron chi connectivity index (χ1n) is 7.25. The molecule has 0 fully saturated rings. The van der Waals surface area contributed by atoms with Crippen molar-refractivity contribution in [2.24, 2.45) is 0 Å². The molecule has 0 radical (unpaired) electrons. The zero-order valence-corrected chi connectivity index (χ0v) is 15.0. The van der Waals surface area contributed by atoms with Crippen molar-refractivity contribution in [3.8, 4) is 11.4 Å². The number of hydrogen-bond donors (Lipinski definition) is 1. The van der Waals surface area contributed by atoms with E-state index in [0.717, 1.165) is 10.2 Å². The molecule has 2 aromatic carbocycles. The molecule has 6 nitrogen and oxygen atoms in total. The third-order valence-corrected chi connectivity index (χ3v) is 4.64. The molecular weight excluding hydrogens is 392 g/mol. The summed E-state index contributed by atoms with van der Waals surface area (Å²) in [4.78, 5) is 0. The molecule has 3 aromatic rings. The van der Waals surface area contributed by atoms with Crippen molar-refractivity contribution in [1.29, 1.82) is 0 Å². The number of benzene rings is 2. The molecule has 8 heteroatoms. The van der Waals surface area contributed by atoms with E-state index >= 15 is 0 Å². The fraction of sp³-hybridized carbons (Fsp3) is 0.188. The predicted molar refractivity (Wildman–Crippen MR) is 95.5 cm³/mol. The summed E-state index contributed by atoms with van der Waals surface area (Å²) in [5.41, 5.74) is 0.880. The first-order chi connectivity index (χ1) is 11.7. The van der Waals surface area contributed by atoms with E-state index in [2.05, 4.69) is 31.5 Å². The van der Waals surface area contributed by atoms with E-state index in [1.54, 1.807) is 4.68 Å². The predicted octanol–water partition coefficient (Wildman–Crippen LogP) is 2.96. The molecule has 0 unspecified atom stereocenters. The third kappa shape index (κ3) is 4.56. The van der Waals surface area contributed by atoms with Crippen LogP contribution in [0, 0.1) is 0 Å². The maximum absolute atomic E-state index is 10.1. The number of nitrogens with zero attached hydrogens (tertiary/aromatic N) is 4. The van der Waals surface area contributed by atoms with Crippen LogP contribution in [-0.2, 0) is 0 Å². The minimum atomic E-state index is -0.630. The van der Waals surface area contributed by atoms with Crippen molar-refractivity contribution in [3.05, 3.63) is 59.1 Å². The van der Waals surface area contributed by atoms with E-state index in [9.17, 15) is 5.11 Å². The van der Waals surface area contributed by atoms with Crippen molar-refractivity contribution in [2.45, 2.75) is 11.3 Å². The average Bonchev–Trinajstić information content (AvgIpc) is 3.07. The summed E-state index contributed by atoms with van der Waals surface area (Å²) < 4.78 is 8.16. The van der Waals surface area contributed by atoms with Gasteiger partial charge in [0.1, 0.15) is 12.4 Å². The van der Waals surface area contributed by atoms with Gasteiger partial charge in [0, 0.05) is 10.2 Å². The van der Waals surface area contributed by atoms with Crippen LogP contribution in [0.2, 0.25) is 0 Å². The van der Waals surface area contributed by atoms with Gasteiger partial charge < -0.3 is 9.84 Å². The fourth-order valence-electron chi connectivity index (χ4n) is 1.97. The monoisotopic (exact) mass is 406 g/mol. The number of ether oxygens (including phenoxy) is 1. The first kappa shape index (κ1) is 16.9. The standard InChI is InChI=1S/C16H15BrN4O2S/c17-12-5-4-8-15(9-12)23-10-14(22)11-24-16-18-19-20-21(16)13-6-2-1-3-7-13/h1-9,14,22H,10-11H2/t14-/m0/s1. The molecule has 0 saturated carbocycles. The smallest absolute Gasteiger partial charge is 0.214 e. The Morgan fingerprint density at radius 2 is 2.00 bits per heavy atom. The summed E-state index contributed by atoms with van der Waals surface area (Å²) in [6.45, 7) is 0.205. The largest absolute Gasteiger partial charge is 0.491 e. The van der Waals surface area contributed by atoms with E-state index in [1.165, 1.54) is 11.8 Å². The maximum atomic E-state index is 10.1. The molecule has 1 heterocycles. The zero-order chi connectivity index (χ0) is 16.8. The lowest BCUT2D eigenvalue weighted by Gasteiger charge is -2.12. The molecule has 124 valence electrons. The normalized spacial score (nSPS) is 12.1. The van der Waals surface area contributed by atoms with Gasteiger partial charge in [-0.3, -0.25) is 0 Å². The first-order valence-corrected chi connectivity index (χ1v) is 9.03. The highest BCUT2D eigenvalue weighted by Crippen LogP contribution is 2.20. The van der Waals surface area contributed by atoms with Gasteiger partial charge in [-0.15, -0.1) is 5.10 Å². The van der Waals surface area contributed by atoms with Gasteiger partial charge in [0.15, 0.2) is 0 Å². The lowest BCUT2D eigenvalue weighted by molar-refractivity contribution is 0.126. The molecule has 0 spiro atoms. The number of tetrazole rings is 1. The highest BCUT2D eigenvalue weighted by Gasteiger charge is 2.12. The van der Waals surface area contributed by atoms with E-state index in [-0.39, 0.29) is 6.61 Å². The van der Waals surface area contributed by atoms with E-state index in [0.29, 0.717) is 16.7 Å². The second kappa shape index (κ2) is 8.27. The van der Waals surface area contributed by atoms with Gasteiger partial charge in [-0.2, -0.15) is 4.68 Å². The second-order valence-corrected chi connectivity index (χ2v) is 6.84. The highest BCUT2D eigenvalue weighted by atomic mass is 79.9. The summed E-state index contributed by atoms with van der Waals surface area (Å²) in [5, 5.41) is 22.4. The summed E-state index contributed by atoms with van der Waals surface area (Å²) >= 11 is 4.77. The maximum Gasteiger partial charge on any atom is 0.214 e. The van der Waals surface area contributed by atoms with E-state index < -0.39 is 6.10 Å². The fourth-order valence-corrected chi connectivity index (χ4v) is 3.14. The van der Waals surface area contributed by atoms with Crippen LogP contribution in [0.1, 0.15) is 0 Å². The summed E-state index contributed by atoms with van der Waals surface area (Å²) in [7, 11) is 0. The van der Waals surface area contributed by atoms with Crippen LogP contribution in [0.25, 0.3) is 5.69 Å². The minimum Gasteiger partial charge on any atom is -0.491 e. The molecule has 1 N–H and O–H groups in total. The van der Waals surface area contributed by atoms with Gasteiger partial charge in [-0.05, 0) is 40.8 Å². The lowest BCUT2D eigenvalue weighted by Crippen LogP contribution is -2.20. The van der Waals surface area contributed by atoms with E-state index in [4.69, 9.17) is 4.74 Å². The summed E-state index contributed by atoms with van der Waals surface area (Å²) in [6.07, 6.45) is -0.630. The van der Waals surface area contributed by atoms with Gasteiger partial charge in [0.05, 0.1) is 11.8 Å². The Bertz CT molecular complexity index is 785. The SMILES string of the molecule is O[C@@H](COc1cccc(Br)c1)CSc1nnnn1-c1ccccc1. The number of thioether (sulfide) groups is 1. The molecule has 1 atom stereocenters. The number of aliphatic hydroxyl groups is 1. The van der Waals surface area contributed by atoms with Crippen molar-refractivity contribution in [2.75, 3.05) is 12.4 Å². The van der Waals surface area contributed by atoms with E-state index in [1.807, 2.05) is 54.6 Å². The van der Waals surface area contributed by atoms with Crippen LogP contribution in [0.15, 0.2) is 64.2 Å². The molecule has 3 rings (SSSR count). The Morgan fingerprint density at radius 3 is 2.79 bits per heavy atom. The number of halogens is 1. The summed E-state index contributed by atoms with van der Waals surface area (Å²) in [6, 6.07) is 17.1. The number of aromatic nitrogens is 4. The average molecular weight is 407 g/mol. The quantitative estimate of drug-likeness (QED) is 0.608. The summed E-state index contributed by atoms with van der Waals surface area (Å²) in [5.74, 6) is 1.14. The molecular formula is C16H15BrN4O2S.